The molecule has 1 aliphatic heterocycles. The molecule has 0 spiro atoms. The van der Waals surface area contributed by atoms with Crippen molar-refractivity contribution in [3.8, 4) is 0 Å². The Hall–Kier alpha value is -0.0900. The van der Waals surface area contributed by atoms with Gasteiger partial charge in [-0.05, 0) is 0 Å². The van der Waals surface area contributed by atoms with Crippen LogP contribution in [-0.2, 0) is 4.79 Å². The molecule has 0 saturated carbocycles. The Bertz CT molecular complexity index is 94.9. The van der Waals surface area contributed by atoms with E-state index in [1.54, 1.807) is 0 Å². The summed E-state index contributed by atoms with van der Waals surface area (Å²) in [5.41, 5.74) is 0. The fraction of sp³-hybridized carbons (Fsp3) is 0.667. The summed E-state index contributed by atoms with van der Waals surface area (Å²) < 4.78 is 1.47. The molecule has 1 rings (SSSR count). The summed E-state index contributed by atoms with van der Waals surface area (Å²) in [6, 6.07) is 0. The maximum Gasteiger partial charge on any atom is 0.247 e. The third kappa shape index (κ3) is 0.920. The van der Waals surface area contributed by atoms with Crippen LogP contribution in [0, 0.1) is 0 Å². The second kappa shape index (κ2) is 1.79. The molecule has 0 aromatic carbocycles. The van der Waals surface area contributed by atoms with E-state index in [0.717, 1.165) is 0 Å². The van der Waals surface area contributed by atoms with Gasteiger partial charge in [-0.15, -0.1) is 0 Å². The lowest BCUT2D eigenvalue weighted by atomic mass is 10.7. The zero-order valence-electron chi connectivity index (χ0n) is 3.65. The van der Waals surface area contributed by atoms with Crippen LogP contribution in [0.2, 0.25) is 0 Å². The van der Waals surface area contributed by atoms with E-state index < -0.39 is 0 Å². The maximum atomic E-state index is 10.4. The van der Waals surface area contributed by atoms with Crippen molar-refractivity contribution in [2.24, 2.45) is 0 Å². The molecule has 1 saturated heterocycles. The molecule has 0 radical (unpaired) electrons. The highest BCUT2D eigenvalue weighted by Crippen LogP contribution is 1.99. The minimum Gasteiger partial charge on any atom is -0.290 e. The summed E-state index contributed by atoms with van der Waals surface area (Å²) in [6.45, 7) is 1.09. The molecule has 0 aliphatic carbocycles. The highest BCUT2D eigenvalue weighted by Gasteiger charge is 2.15. The largest absolute Gasteiger partial charge is 0.290 e. The Morgan fingerprint density at radius 3 is 2.71 bits per heavy atom. The molecular formula is C3H5BrN2O. The van der Waals surface area contributed by atoms with Gasteiger partial charge in [-0.2, -0.15) is 0 Å². The molecule has 1 heterocycles. The van der Waals surface area contributed by atoms with E-state index in [0.29, 0.717) is 13.2 Å². The van der Waals surface area contributed by atoms with Crippen LogP contribution in [0.1, 0.15) is 0 Å². The van der Waals surface area contributed by atoms with Gasteiger partial charge in [0.25, 0.3) is 0 Å². The summed E-state index contributed by atoms with van der Waals surface area (Å²) in [5, 5.41) is 2.85. The standard InChI is InChI=1S/C3H5BrN2O/c4-6-2-5-1-3(6)7/h5H,1-2H2. The third-order valence-electron chi connectivity index (χ3n) is 0.797. The molecule has 1 fully saturated rings. The molecule has 0 aromatic heterocycles. The lowest BCUT2D eigenvalue weighted by molar-refractivity contribution is -0.122. The minimum absolute atomic E-state index is 0.0972. The first-order valence-electron chi connectivity index (χ1n) is 1.97. The number of rotatable bonds is 0. The summed E-state index contributed by atoms with van der Waals surface area (Å²) in [6.07, 6.45) is 0. The lowest BCUT2D eigenvalue weighted by Gasteiger charge is -1.97. The van der Waals surface area contributed by atoms with Crippen LogP contribution in [0.5, 0.6) is 0 Å². The van der Waals surface area contributed by atoms with Gasteiger partial charge >= 0.3 is 0 Å². The zero-order valence-corrected chi connectivity index (χ0v) is 5.23. The highest BCUT2D eigenvalue weighted by atomic mass is 79.9. The van der Waals surface area contributed by atoms with Gasteiger partial charge in [0.2, 0.25) is 5.91 Å². The van der Waals surface area contributed by atoms with Crippen molar-refractivity contribution < 1.29 is 4.79 Å². The van der Waals surface area contributed by atoms with Gasteiger partial charge in [0.05, 0.1) is 29.4 Å². The summed E-state index contributed by atoms with van der Waals surface area (Å²) in [5.74, 6) is 0.0972. The summed E-state index contributed by atoms with van der Waals surface area (Å²) in [4.78, 5) is 10.4. The van der Waals surface area contributed by atoms with Gasteiger partial charge < -0.3 is 0 Å². The molecule has 0 atom stereocenters. The number of hydrogen-bond acceptors (Lipinski definition) is 2. The number of halogens is 1. The normalized spacial score (nSPS) is 21.3. The Labute approximate surface area is 50.0 Å². The van der Waals surface area contributed by atoms with Gasteiger partial charge in [0.1, 0.15) is 0 Å². The van der Waals surface area contributed by atoms with Crippen molar-refractivity contribution in [3.05, 3.63) is 0 Å². The number of nitrogens with zero attached hydrogens (tertiary/aromatic N) is 1. The molecular weight excluding hydrogens is 160 g/mol. The first kappa shape index (κ1) is 5.05. The van der Waals surface area contributed by atoms with E-state index in [-0.39, 0.29) is 5.91 Å². The fourth-order valence-electron chi connectivity index (χ4n) is 0.435. The fourth-order valence-corrected chi connectivity index (χ4v) is 0.738. The van der Waals surface area contributed by atoms with Crippen molar-refractivity contribution in [2.75, 3.05) is 13.2 Å². The molecule has 3 nitrogen and oxygen atoms in total. The molecule has 1 amide bonds. The zero-order chi connectivity index (χ0) is 5.28. The molecule has 1 aliphatic rings. The van der Waals surface area contributed by atoms with Crippen molar-refractivity contribution in [2.45, 2.75) is 0 Å². The number of nitrogens with one attached hydrogen (secondary N) is 1. The second-order valence-corrected chi connectivity index (χ2v) is 2.20. The second-order valence-electron chi connectivity index (χ2n) is 1.34. The van der Waals surface area contributed by atoms with E-state index in [9.17, 15) is 4.79 Å². The van der Waals surface area contributed by atoms with Gasteiger partial charge in [0.15, 0.2) is 0 Å². The van der Waals surface area contributed by atoms with Crippen LogP contribution in [0.3, 0.4) is 0 Å². The molecule has 7 heavy (non-hydrogen) atoms. The van der Waals surface area contributed by atoms with Crippen LogP contribution in [0.15, 0.2) is 0 Å². The molecule has 40 valence electrons. The van der Waals surface area contributed by atoms with E-state index in [1.165, 1.54) is 3.93 Å². The summed E-state index contributed by atoms with van der Waals surface area (Å²) in [7, 11) is 0. The van der Waals surface area contributed by atoms with Crippen molar-refractivity contribution in [3.63, 3.8) is 0 Å². The number of amides is 1. The molecule has 1 N–H and O–H groups in total. The smallest absolute Gasteiger partial charge is 0.247 e. The van der Waals surface area contributed by atoms with Crippen molar-refractivity contribution in [1.29, 1.82) is 0 Å². The van der Waals surface area contributed by atoms with E-state index in [2.05, 4.69) is 21.5 Å². The molecule has 4 heteroatoms. The SMILES string of the molecule is O=C1CNCN1Br. The topological polar surface area (TPSA) is 32.3 Å². The predicted molar refractivity (Wildman–Crippen MR) is 28.6 cm³/mol. The Morgan fingerprint density at radius 2 is 2.57 bits per heavy atom. The van der Waals surface area contributed by atoms with Crippen LogP contribution >= 0.6 is 16.1 Å². The third-order valence-corrected chi connectivity index (χ3v) is 1.44. The average molecular weight is 165 g/mol. The van der Waals surface area contributed by atoms with E-state index in [4.69, 9.17) is 0 Å². The summed E-state index contributed by atoms with van der Waals surface area (Å²) >= 11 is 3.02. The highest BCUT2D eigenvalue weighted by molar-refractivity contribution is 9.07. The number of carbonyl (C=O) groups excluding carboxylic acids is 1. The maximum absolute atomic E-state index is 10.4. The van der Waals surface area contributed by atoms with E-state index >= 15 is 0 Å². The molecule has 0 bridgehead atoms. The van der Waals surface area contributed by atoms with Crippen molar-refractivity contribution >= 4 is 22.1 Å². The Balaban J connectivity index is 2.48. The Kier molecular flexibility index (Phi) is 1.30. The minimum atomic E-state index is 0.0972. The molecule has 0 unspecified atom stereocenters. The van der Waals surface area contributed by atoms with Gasteiger partial charge in [-0.25, -0.2) is 0 Å². The number of carbonyl (C=O) groups is 1. The van der Waals surface area contributed by atoms with E-state index in [1.807, 2.05) is 0 Å². The molecule has 0 aromatic rings. The van der Waals surface area contributed by atoms with Gasteiger partial charge in [0, 0.05) is 0 Å². The Morgan fingerprint density at radius 1 is 1.86 bits per heavy atom. The van der Waals surface area contributed by atoms with Gasteiger partial charge in [-0.1, -0.05) is 0 Å². The predicted octanol–water partition coefficient (Wildman–Crippen LogP) is -0.314. The average Bonchev–Trinajstić information content (AvgIpc) is 1.91. The van der Waals surface area contributed by atoms with Crippen LogP contribution < -0.4 is 5.32 Å². The van der Waals surface area contributed by atoms with Crippen molar-refractivity contribution in [1.82, 2.24) is 9.24 Å². The van der Waals surface area contributed by atoms with Crippen LogP contribution in [0.25, 0.3) is 0 Å². The monoisotopic (exact) mass is 164 g/mol. The van der Waals surface area contributed by atoms with Crippen LogP contribution in [-0.4, -0.2) is 23.0 Å². The number of hydrogen-bond donors (Lipinski definition) is 1. The first-order valence-corrected chi connectivity index (χ1v) is 2.68. The lowest BCUT2D eigenvalue weighted by Crippen LogP contribution is -2.12. The first-order chi connectivity index (χ1) is 3.30. The van der Waals surface area contributed by atoms with Crippen LogP contribution in [0.4, 0.5) is 0 Å². The quantitative estimate of drug-likeness (QED) is 0.499. The van der Waals surface area contributed by atoms with Gasteiger partial charge in [-0.3, -0.25) is 14.0 Å².